The molecule has 0 spiro atoms. The van der Waals surface area contributed by atoms with Gasteiger partial charge in [0.1, 0.15) is 17.6 Å². The number of carbonyl (C=O) groups excluding carboxylic acids is 2. The minimum Gasteiger partial charge on any atom is -0.497 e. The van der Waals surface area contributed by atoms with Crippen LogP contribution >= 0.6 is 15.9 Å². The Balaban J connectivity index is 2.17. The van der Waals surface area contributed by atoms with Crippen molar-refractivity contribution in [2.75, 3.05) is 39.9 Å². The smallest absolute Gasteiger partial charge is 0.330 e. The highest BCUT2D eigenvalue weighted by atomic mass is 79.9. The van der Waals surface area contributed by atoms with E-state index in [4.69, 9.17) is 23.7 Å². The van der Waals surface area contributed by atoms with Crippen molar-refractivity contribution in [2.45, 2.75) is 19.6 Å². The van der Waals surface area contributed by atoms with Gasteiger partial charge in [-0.05, 0) is 43.3 Å². The van der Waals surface area contributed by atoms with Crippen molar-refractivity contribution in [2.24, 2.45) is 0 Å². The van der Waals surface area contributed by atoms with Gasteiger partial charge in [0.05, 0.1) is 47.3 Å². The van der Waals surface area contributed by atoms with Gasteiger partial charge in [0, 0.05) is 39.4 Å². The molecule has 3 aromatic carbocycles. The lowest BCUT2D eigenvalue weighted by Gasteiger charge is -2.28. The number of benzene rings is 3. The van der Waals surface area contributed by atoms with Crippen LogP contribution < -0.4 is 23.8 Å². The first-order valence-electron chi connectivity index (χ1n) is 12.3. The highest BCUT2D eigenvalue weighted by Gasteiger charge is 2.26. The van der Waals surface area contributed by atoms with Gasteiger partial charge < -0.3 is 33.7 Å². The number of esters is 1. The Morgan fingerprint density at radius 2 is 1.65 bits per heavy atom. The quantitative estimate of drug-likeness (QED) is 0.219. The molecule has 0 aromatic heterocycles. The van der Waals surface area contributed by atoms with Crippen LogP contribution in [0.1, 0.15) is 29.7 Å². The molecule has 0 aliphatic heterocycles. The highest BCUT2D eigenvalue weighted by Crippen LogP contribution is 2.41. The Morgan fingerprint density at radius 3 is 2.30 bits per heavy atom. The van der Waals surface area contributed by atoms with Crippen LogP contribution in [0.2, 0.25) is 0 Å². The number of ether oxygens (including phenoxy) is 5. The van der Waals surface area contributed by atoms with Crippen LogP contribution in [-0.4, -0.2) is 52.0 Å². The molecule has 9 nitrogen and oxygen atoms in total. The summed E-state index contributed by atoms with van der Waals surface area (Å²) >= 11 is 3.48. The van der Waals surface area contributed by atoms with Crippen LogP contribution in [0.25, 0.3) is 0 Å². The van der Waals surface area contributed by atoms with Crippen molar-refractivity contribution in [1.82, 2.24) is 0 Å². The first kappa shape index (κ1) is 30.5. The molecule has 0 saturated carbocycles. The fourth-order valence-electron chi connectivity index (χ4n) is 4.14. The third kappa shape index (κ3) is 7.13. The number of amides is 1. The Hall–Kier alpha value is -4.02. The molecule has 1 atom stereocenters. The molecule has 0 saturated heterocycles. The summed E-state index contributed by atoms with van der Waals surface area (Å²) in [6.07, 6.45) is 1.00. The van der Waals surface area contributed by atoms with Crippen LogP contribution in [0.15, 0.2) is 71.2 Å². The molecule has 0 bridgehead atoms. The summed E-state index contributed by atoms with van der Waals surface area (Å²) in [7, 11) is 6.07. The minimum absolute atomic E-state index is 0.0514. The molecule has 212 valence electrons. The molecule has 0 aliphatic carbocycles. The number of hydrogen-bond acceptors (Lipinski definition) is 8. The summed E-state index contributed by atoms with van der Waals surface area (Å²) in [4.78, 5) is 27.1. The molecule has 1 N–H and O–H groups in total. The van der Waals surface area contributed by atoms with Crippen molar-refractivity contribution in [3.8, 4) is 23.0 Å². The molecule has 0 fully saturated rings. The average Bonchev–Trinajstić information content (AvgIpc) is 2.98. The summed E-state index contributed by atoms with van der Waals surface area (Å²) in [6, 6.07) is 15.6. The van der Waals surface area contributed by atoms with E-state index in [1.165, 1.54) is 26.2 Å². The van der Waals surface area contributed by atoms with Gasteiger partial charge in [-0.25, -0.2) is 4.79 Å². The minimum atomic E-state index is -1.21. The zero-order valence-electron chi connectivity index (χ0n) is 23.0. The van der Waals surface area contributed by atoms with Crippen LogP contribution in [0.5, 0.6) is 23.0 Å². The number of hydrogen-bond donors (Lipinski definition) is 1. The number of nitrogens with zero attached hydrogens (tertiary/aromatic N) is 1. The maximum atomic E-state index is 13.6. The second-order valence-corrected chi connectivity index (χ2v) is 9.29. The summed E-state index contributed by atoms with van der Waals surface area (Å²) in [5.41, 5.74) is 1.92. The van der Waals surface area contributed by atoms with E-state index in [1.54, 1.807) is 68.6 Å². The number of anilines is 1. The number of para-hydroxylation sites is 1. The normalized spacial score (nSPS) is 11.6. The fourth-order valence-corrected chi connectivity index (χ4v) is 4.52. The molecule has 0 radical (unpaired) electrons. The summed E-state index contributed by atoms with van der Waals surface area (Å²) in [6.45, 7) is 1.91. The molecule has 1 unspecified atom stereocenters. The highest BCUT2D eigenvalue weighted by molar-refractivity contribution is 9.10. The van der Waals surface area contributed by atoms with E-state index in [1.807, 2.05) is 0 Å². The molecule has 3 aromatic rings. The number of aliphatic hydroxyl groups is 1. The standard InChI is InChI=1S/C30H32BrNO8/c1-6-40-28(34)15-14-27(33)32(18-19-10-12-21(36-2)17-26(19)38-4)24-13-11-20(31)16-23(24)29(35)22-8-7-9-25(37-3)30(22)39-5/h7-17,29,35H,6,18H2,1-5H3. The third-order valence-electron chi connectivity index (χ3n) is 6.04. The second-order valence-electron chi connectivity index (χ2n) is 8.38. The van der Waals surface area contributed by atoms with Crippen molar-refractivity contribution in [1.29, 1.82) is 0 Å². The summed E-state index contributed by atoms with van der Waals surface area (Å²) in [5.74, 6) is 0.740. The zero-order chi connectivity index (χ0) is 29.2. The molecule has 10 heteroatoms. The first-order chi connectivity index (χ1) is 19.3. The largest absolute Gasteiger partial charge is 0.497 e. The van der Waals surface area contributed by atoms with Gasteiger partial charge in [0.25, 0.3) is 5.91 Å². The monoisotopic (exact) mass is 613 g/mol. The fraction of sp³-hybridized carbons (Fsp3) is 0.267. The first-order valence-corrected chi connectivity index (χ1v) is 13.1. The number of carbonyl (C=O) groups is 2. The Kier molecular flexibility index (Phi) is 11.0. The van der Waals surface area contributed by atoms with E-state index in [0.29, 0.717) is 49.8 Å². The lowest BCUT2D eigenvalue weighted by molar-refractivity contribution is -0.137. The van der Waals surface area contributed by atoms with Gasteiger partial charge in [-0.1, -0.05) is 28.1 Å². The molecule has 40 heavy (non-hydrogen) atoms. The Morgan fingerprint density at radius 1 is 0.900 bits per heavy atom. The van der Waals surface area contributed by atoms with Gasteiger partial charge in [0.15, 0.2) is 11.5 Å². The van der Waals surface area contributed by atoms with Crippen LogP contribution in [0.4, 0.5) is 5.69 Å². The predicted molar refractivity (Wildman–Crippen MR) is 154 cm³/mol. The summed E-state index contributed by atoms with van der Waals surface area (Å²) in [5, 5.41) is 11.7. The average molecular weight is 614 g/mol. The number of rotatable bonds is 12. The van der Waals surface area contributed by atoms with Crippen LogP contribution in [-0.2, 0) is 20.9 Å². The lowest BCUT2D eigenvalue weighted by atomic mass is 9.97. The van der Waals surface area contributed by atoms with Crippen molar-refractivity contribution in [3.63, 3.8) is 0 Å². The van der Waals surface area contributed by atoms with Gasteiger partial charge >= 0.3 is 5.97 Å². The van der Waals surface area contributed by atoms with Gasteiger partial charge in [-0.3, -0.25) is 4.79 Å². The second kappa shape index (κ2) is 14.4. The van der Waals surface area contributed by atoms with Crippen molar-refractivity contribution < 1.29 is 38.4 Å². The van der Waals surface area contributed by atoms with E-state index >= 15 is 0 Å². The molecule has 0 heterocycles. The number of halogens is 1. The Labute approximate surface area is 242 Å². The van der Waals surface area contributed by atoms with E-state index in [2.05, 4.69) is 15.9 Å². The van der Waals surface area contributed by atoms with E-state index < -0.39 is 18.0 Å². The molecular weight excluding hydrogens is 582 g/mol. The van der Waals surface area contributed by atoms with Crippen LogP contribution in [0.3, 0.4) is 0 Å². The number of methoxy groups -OCH3 is 4. The van der Waals surface area contributed by atoms with E-state index in [9.17, 15) is 14.7 Å². The van der Waals surface area contributed by atoms with Crippen molar-refractivity contribution >= 4 is 33.5 Å². The van der Waals surface area contributed by atoms with Gasteiger partial charge in [-0.15, -0.1) is 0 Å². The molecule has 0 aliphatic rings. The zero-order valence-corrected chi connectivity index (χ0v) is 24.6. The van der Waals surface area contributed by atoms with Gasteiger partial charge in [0.2, 0.25) is 0 Å². The van der Waals surface area contributed by atoms with Crippen LogP contribution in [0, 0.1) is 0 Å². The summed E-state index contributed by atoms with van der Waals surface area (Å²) < 4.78 is 27.5. The molecular formula is C30H32BrNO8. The Bertz CT molecular complexity index is 1370. The molecule has 3 rings (SSSR count). The van der Waals surface area contributed by atoms with Crippen molar-refractivity contribution in [3.05, 3.63) is 87.9 Å². The lowest BCUT2D eigenvalue weighted by Crippen LogP contribution is -2.30. The predicted octanol–water partition coefficient (Wildman–Crippen LogP) is 5.22. The maximum absolute atomic E-state index is 13.6. The van der Waals surface area contributed by atoms with E-state index in [0.717, 1.165) is 12.2 Å². The number of aliphatic hydroxyl groups excluding tert-OH is 1. The van der Waals surface area contributed by atoms with Gasteiger partial charge in [-0.2, -0.15) is 0 Å². The van der Waals surface area contributed by atoms with E-state index in [-0.39, 0.29) is 13.2 Å². The topological polar surface area (TPSA) is 104 Å². The third-order valence-corrected chi connectivity index (χ3v) is 6.53. The SMILES string of the molecule is CCOC(=O)C=CC(=O)N(Cc1ccc(OC)cc1OC)c1ccc(Br)cc1C(O)c1cccc(OC)c1OC. The molecule has 1 amide bonds. The maximum Gasteiger partial charge on any atom is 0.330 e.